The predicted octanol–water partition coefficient (Wildman–Crippen LogP) is 1.01. The van der Waals surface area contributed by atoms with Gasteiger partial charge in [-0.1, -0.05) is 0 Å². The minimum absolute atomic E-state index is 0.249. The molecule has 0 aliphatic carbocycles. The highest BCUT2D eigenvalue weighted by Crippen LogP contribution is 2.19. The van der Waals surface area contributed by atoms with Gasteiger partial charge in [-0.25, -0.2) is 8.78 Å². The average molecular weight is 165 g/mol. The first-order valence-electron chi connectivity index (χ1n) is 3.81. The molecule has 0 aromatic rings. The molecule has 11 heavy (non-hydrogen) atoms. The van der Waals surface area contributed by atoms with Gasteiger partial charge in [-0.2, -0.15) is 0 Å². The third-order valence-corrected chi connectivity index (χ3v) is 1.95. The Morgan fingerprint density at radius 3 is 2.73 bits per heavy atom. The van der Waals surface area contributed by atoms with Crippen molar-refractivity contribution in [3.63, 3.8) is 0 Å². The highest BCUT2D eigenvalue weighted by atomic mass is 19.3. The zero-order valence-corrected chi connectivity index (χ0v) is 6.30. The molecule has 2 atom stereocenters. The van der Waals surface area contributed by atoms with E-state index in [9.17, 15) is 8.78 Å². The quantitative estimate of drug-likeness (QED) is 0.677. The summed E-state index contributed by atoms with van der Waals surface area (Å²) in [7, 11) is 0. The van der Waals surface area contributed by atoms with E-state index >= 15 is 0 Å². The van der Waals surface area contributed by atoms with Crippen molar-refractivity contribution in [2.24, 2.45) is 11.7 Å². The van der Waals surface area contributed by atoms with Gasteiger partial charge in [0.1, 0.15) is 0 Å². The lowest BCUT2D eigenvalue weighted by atomic mass is 10.0. The zero-order chi connectivity index (χ0) is 8.27. The summed E-state index contributed by atoms with van der Waals surface area (Å²) in [5, 5.41) is 0. The number of ether oxygens (including phenoxy) is 1. The van der Waals surface area contributed by atoms with Gasteiger partial charge in [0.25, 0.3) is 6.43 Å². The molecular weight excluding hydrogens is 152 g/mol. The monoisotopic (exact) mass is 165 g/mol. The van der Waals surface area contributed by atoms with Crippen LogP contribution in [0.5, 0.6) is 0 Å². The van der Waals surface area contributed by atoms with Gasteiger partial charge in [0.15, 0.2) is 0 Å². The molecule has 4 heteroatoms. The maximum Gasteiger partial charge on any atom is 0.253 e. The number of nitrogens with two attached hydrogens (primary N) is 1. The Hall–Kier alpha value is -0.220. The maximum atomic E-state index is 11.9. The molecule has 1 rings (SSSR count). The first-order chi connectivity index (χ1) is 5.20. The van der Waals surface area contributed by atoms with Crippen molar-refractivity contribution in [2.75, 3.05) is 13.2 Å². The van der Waals surface area contributed by atoms with Crippen LogP contribution in [0.1, 0.15) is 12.8 Å². The van der Waals surface area contributed by atoms with Crippen molar-refractivity contribution >= 4 is 0 Å². The van der Waals surface area contributed by atoms with Crippen LogP contribution in [-0.4, -0.2) is 25.7 Å². The van der Waals surface area contributed by atoms with Crippen molar-refractivity contribution in [1.82, 2.24) is 0 Å². The summed E-state index contributed by atoms with van der Waals surface area (Å²) in [4.78, 5) is 0. The number of alkyl halides is 2. The summed E-state index contributed by atoms with van der Waals surface area (Å²) in [5.74, 6) is 0.249. The molecule has 2 nitrogen and oxygen atoms in total. The standard InChI is InChI=1S/C7H13F2NO/c8-7(9)6(10)3-5-1-2-11-4-5/h5-7H,1-4,10H2. The maximum absolute atomic E-state index is 11.9. The number of hydrogen-bond acceptors (Lipinski definition) is 2. The van der Waals surface area contributed by atoms with E-state index in [1.165, 1.54) is 0 Å². The van der Waals surface area contributed by atoms with Gasteiger partial charge >= 0.3 is 0 Å². The molecule has 66 valence electrons. The summed E-state index contributed by atoms with van der Waals surface area (Å²) in [6, 6.07) is -0.971. The van der Waals surface area contributed by atoms with Crippen molar-refractivity contribution in [2.45, 2.75) is 25.3 Å². The van der Waals surface area contributed by atoms with Gasteiger partial charge in [0.2, 0.25) is 0 Å². The topological polar surface area (TPSA) is 35.2 Å². The van der Waals surface area contributed by atoms with Crippen molar-refractivity contribution in [3.05, 3.63) is 0 Å². The van der Waals surface area contributed by atoms with E-state index in [0.717, 1.165) is 6.42 Å². The van der Waals surface area contributed by atoms with Gasteiger partial charge in [0.05, 0.1) is 6.04 Å². The van der Waals surface area contributed by atoms with Crippen LogP contribution in [0, 0.1) is 5.92 Å². The fourth-order valence-electron chi connectivity index (χ4n) is 1.26. The predicted molar refractivity (Wildman–Crippen MR) is 37.5 cm³/mol. The van der Waals surface area contributed by atoms with E-state index in [1.807, 2.05) is 0 Å². The first kappa shape index (κ1) is 8.87. The Balaban J connectivity index is 2.18. The Kier molecular flexibility index (Phi) is 3.20. The molecule has 0 spiro atoms. The third kappa shape index (κ3) is 2.71. The molecule has 1 aliphatic heterocycles. The highest BCUT2D eigenvalue weighted by Gasteiger charge is 2.23. The Morgan fingerprint density at radius 1 is 1.55 bits per heavy atom. The second-order valence-electron chi connectivity index (χ2n) is 2.96. The fourth-order valence-corrected chi connectivity index (χ4v) is 1.26. The lowest BCUT2D eigenvalue weighted by Crippen LogP contribution is -2.31. The second kappa shape index (κ2) is 3.97. The summed E-state index contributed by atoms with van der Waals surface area (Å²) >= 11 is 0. The molecule has 0 saturated carbocycles. The van der Waals surface area contributed by atoms with Crippen LogP contribution in [0.15, 0.2) is 0 Å². The van der Waals surface area contributed by atoms with Crippen molar-refractivity contribution < 1.29 is 13.5 Å². The normalized spacial score (nSPS) is 27.8. The summed E-state index contributed by atoms with van der Waals surface area (Å²) in [6.45, 7) is 1.29. The fraction of sp³-hybridized carbons (Fsp3) is 1.00. The number of halogens is 2. The average Bonchev–Trinajstić information content (AvgIpc) is 2.39. The zero-order valence-electron chi connectivity index (χ0n) is 6.30. The van der Waals surface area contributed by atoms with Gasteiger partial charge in [-0.15, -0.1) is 0 Å². The third-order valence-electron chi connectivity index (χ3n) is 1.95. The summed E-state index contributed by atoms with van der Waals surface area (Å²) in [6.07, 6.45) is -1.13. The van der Waals surface area contributed by atoms with E-state index in [2.05, 4.69) is 0 Å². The van der Waals surface area contributed by atoms with E-state index in [1.54, 1.807) is 0 Å². The molecule has 0 aromatic carbocycles. The molecule has 0 amide bonds. The molecule has 1 heterocycles. The number of hydrogen-bond donors (Lipinski definition) is 1. The molecule has 2 N–H and O–H groups in total. The van der Waals surface area contributed by atoms with E-state index < -0.39 is 12.5 Å². The summed E-state index contributed by atoms with van der Waals surface area (Å²) < 4.78 is 28.9. The Labute approximate surface area is 64.7 Å². The van der Waals surface area contributed by atoms with Crippen LogP contribution < -0.4 is 5.73 Å². The minimum Gasteiger partial charge on any atom is -0.381 e. The van der Waals surface area contributed by atoms with Gasteiger partial charge < -0.3 is 10.5 Å². The van der Waals surface area contributed by atoms with Gasteiger partial charge in [0, 0.05) is 13.2 Å². The second-order valence-corrected chi connectivity index (χ2v) is 2.96. The largest absolute Gasteiger partial charge is 0.381 e. The molecule has 0 aromatic heterocycles. The summed E-state index contributed by atoms with van der Waals surface area (Å²) in [5.41, 5.74) is 5.19. The molecule has 2 unspecified atom stereocenters. The lowest BCUT2D eigenvalue weighted by Gasteiger charge is -2.13. The highest BCUT2D eigenvalue weighted by molar-refractivity contribution is 4.72. The van der Waals surface area contributed by atoms with Crippen LogP contribution >= 0.6 is 0 Å². The molecule has 0 bridgehead atoms. The van der Waals surface area contributed by atoms with Crippen LogP contribution in [0.3, 0.4) is 0 Å². The first-order valence-corrected chi connectivity index (χ1v) is 3.81. The lowest BCUT2D eigenvalue weighted by molar-refractivity contribution is 0.101. The number of rotatable bonds is 3. The van der Waals surface area contributed by atoms with Crippen LogP contribution in [-0.2, 0) is 4.74 Å². The molecule has 0 radical (unpaired) electrons. The van der Waals surface area contributed by atoms with E-state index in [0.29, 0.717) is 19.6 Å². The van der Waals surface area contributed by atoms with Crippen molar-refractivity contribution in [3.8, 4) is 0 Å². The molecule has 1 fully saturated rings. The van der Waals surface area contributed by atoms with Crippen LogP contribution in [0.4, 0.5) is 8.78 Å². The molecular formula is C7H13F2NO. The molecule has 1 saturated heterocycles. The van der Waals surface area contributed by atoms with Gasteiger partial charge in [-0.3, -0.25) is 0 Å². The van der Waals surface area contributed by atoms with Crippen LogP contribution in [0.2, 0.25) is 0 Å². The molecule has 1 aliphatic rings. The minimum atomic E-state index is -2.39. The Bertz CT molecular complexity index is 115. The van der Waals surface area contributed by atoms with Gasteiger partial charge in [-0.05, 0) is 18.8 Å². The Morgan fingerprint density at radius 2 is 2.27 bits per heavy atom. The van der Waals surface area contributed by atoms with E-state index in [-0.39, 0.29) is 5.92 Å². The van der Waals surface area contributed by atoms with Crippen molar-refractivity contribution in [1.29, 1.82) is 0 Å². The smallest absolute Gasteiger partial charge is 0.253 e. The SMILES string of the molecule is NC(CC1CCOC1)C(F)F. The van der Waals surface area contributed by atoms with E-state index in [4.69, 9.17) is 10.5 Å². The van der Waals surface area contributed by atoms with Crippen LogP contribution in [0.25, 0.3) is 0 Å².